The zero-order chi connectivity index (χ0) is 19.9. The minimum Gasteiger partial charge on any atom is -0.490 e. The van der Waals surface area contributed by atoms with E-state index in [1.807, 2.05) is 17.9 Å². The number of carbonyl (C=O) groups is 1. The standard InChI is InChI=1S/C12H13N3.C10H11FO2/c1-15-12-6-9-4-2-3-5-11(9)13-7-10(12)8-14-15;1-8(12)9-4-2-3-5-10(9)13-7-6-11/h2-5,8,13H,6-7H2,1H3;2-5H,6-7H2,1H3. The van der Waals surface area contributed by atoms with Crippen molar-refractivity contribution in [1.29, 1.82) is 0 Å². The van der Waals surface area contributed by atoms with Crippen molar-refractivity contribution >= 4 is 11.5 Å². The fraction of sp³-hybridized carbons (Fsp3) is 0.273. The van der Waals surface area contributed by atoms with Gasteiger partial charge in [-0.05, 0) is 30.7 Å². The van der Waals surface area contributed by atoms with E-state index in [0.717, 1.165) is 13.0 Å². The average Bonchev–Trinajstić information content (AvgIpc) is 2.95. The fourth-order valence-corrected chi connectivity index (χ4v) is 3.13. The lowest BCUT2D eigenvalue weighted by atomic mass is 10.1. The molecule has 0 saturated carbocycles. The molecule has 3 aromatic rings. The predicted molar refractivity (Wildman–Crippen MR) is 108 cm³/mol. The molecule has 2 heterocycles. The van der Waals surface area contributed by atoms with E-state index in [-0.39, 0.29) is 12.4 Å². The lowest BCUT2D eigenvalue weighted by Gasteiger charge is -2.06. The van der Waals surface area contributed by atoms with Gasteiger partial charge in [0.15, 0.2) is 5.78 Å². The maximum atomic E-state index is 11.8. The minimum atomic E-state index is -0.549. The van der Waals surface area contributed by atoms with Crippen LogP contribution in [0.25, 0.3) is 0 Å². The Morgan fingerprint density at radius 1 is 1.18 bits per heavy atom. The molecule has 0 saturated heterocycles. The third kappa shape index (κ3) is 4.57. The molecule has 0 unspecified atom stereocenters. The van der Waals surface area contributed by atoms with E-state index in [9.17, 15) is 9.18 Å². The van der Waals surface area contributed by atoms with Gasteiger partial charge in [-0.1, -0.05) is 30.3 Å². The molecule has 0 amide bonds. The fourth-order valence-electron chi connectivity index (χ4n) is 3.13. The molecule has 0 radical (unpaired) electrons. The number of nitrogens with one attached hydrogen (secondary N) is 1. The number of carbonyl (C=O) groups excluding carboxylic acids is 1. The third-order valence-corrected chi connectivity index (χ3v) is 4.59. The van der Waals surface area contributed by atoms with Gasteiger partial charge >= 0.3 is 0 Å². The second kappa shape index (κ2) is 9.17. The number of alkyl halides is 1. The van der Waals surface area contributed by atoms with Crippen LogP contribution in [-0.2, 0) is 20.0 Å². The number of aryl methyl sites for hydroxylation is 1. The van der Waals surface area contributed by atoms with Crippen molar-refractivity contribution in [2.75, 3.05) is 18.6 Å². The highest BCUT2D eigenvalue weighted by molar-refractivity contribution is 5.96. The summed E-state index contributed by atoms with van der Waals surface area (Å²) in [4.78, 5) is 11.1. The zero-order valence-electron chi connectivity index (χ0n) is 16.1. The smallest absolute Gasteiger partial charge is 0.163 e. The van der Waals surface area contributed by atoms with Gasteiger partial charge in [-0.25, -0.2) is 4.39 Å². The molecule has 1 aliphatic rings. The largest absolute Gasteiger partial charge is 0.490 e. The van der Waals surface area contributed by atoms with Gasteiger partial charge in [0.2, 0.25) is 0 Å². The van der Waals surface area contributed by atoms with E-state index in [2.05, 4.69) is 34.7 Å². The predicted octanol–water partition coefficient (Wildman–Crippen LogP) is 4.17. The molecule has 0 atom stereocenters. The van der Waals surface area contributed by atoms with E-state index in [1.165, 1.54) is 29.4 Å². The van der Waals surface area contributed by atoms with Crippen molar-refractivity contribution < 1.29 is 13.9 Å². The normalized spacial score (nSPS) is 11.8. The number of hydrogen-bond donors (Lipinski definition) is 1. The Balaban J connectivity index is 0.000000163. The SMILES string of the molecule is CC(=O)c1ccccc1OCCF.Cn1ncc2c1Cc1ccccc1NC2. The minimum absolute atomic E-state index is 0.00963. The van der Waals surface area contributed by atoms with E-state index in [1.54, 1.807) is 24.3 Å². The highest BCUT2D eigenvalue weighted by atomic mass is 19.1. The molecule has 1 aromatic heterocycles. The molecule has 1 aliphatic heterocycles. The molecule has 0 bridgehead atoms. The first-order chi connectivity index (χ1) is 13.6. The van der Waals surface area contributed by atoms with Crippen molar-refractivity contribution in [1.82, 2.24) is 9.78 Å². The van der Waals surface area contributed by atoms with Crippen molar-refractivity contribution in [3.63, 3.8) is 0 Å². The summed E-state index contributed by atoms with van der Waals surface area (Å²) in [5.74, 6) is 0.377. The first kappa shape index (κ1) is 19.6. The summed E-state index contributed by atoms with van der Waals surface area (Å²) in [6.07, 6.45) is 2.92. The number of rotatable bonds is 4. The average molecular weight is 381 g/mol. The lowest BCUT2D eigenvalue weighted by Crippen LogP contribution is -2.03. The molecular formula is C22H24FN3O2. The van der Waals surface area contributed by atoms with Crippen LogP contribution in [0.3, 0.4) is 0 Å². The topological polar surface area (TPSA) is 56.2 Å². The van der Waals surface area contributed by atoms with Crippen LogP contribution in [0, 0.1) is 0 Å². The maximum Gasteiger partial charge on any atom is 0.163 e. The van der Waals surface area contributed by atoms with Crippen LogP contribution < -0.4 is 10.1 Å². The third-order valence-electron chi connectivity index (χ3n) is 4.59. The van der Waals surface area contributed by atoms with E-state index in [4.69, 9.17) is 4.74 Å². The van der Waals surface area contributed by atoms with Crippen LogP contribution in [0.1, 0.15) is 34.1 Å². The lowest BCUT2D eigenvalue weighted by molar-refractivity contribution is 0.101. The van der Waals surface area contributed by atoms with Crippen LogP contribution in [0.15, 0.2) is 54.7 Å². The van der Waals surface area contributed by atoms with Gasteiger partial charge in [0.25, 0.3) is 0 Å². The first-order valence-electron chi connectivity index (χ1n) is 9.20. The maximum absolute atomic E-state index is 11.8. The number of halogens is 1. The van der Waals surface area contributed by atoms with Crippen molar-refractivity contribution in [2.45, 2.75) is 19.9 Å². The molecule has 28 heavy (non-hydrogen) atoms. The monoisotopic (exact) mass is 381 g/mol. The molecule has 1 N–H and O–H groups in total. The quantitative estimate of drug-likeness (QED) is 0.689. The van der Waals surface area contributed by atoms with Gasteiger partial charge in [0.05, 0.1) is 11.8 Å². The Morgan fingerprint density at radius 3 is 2.71 bits per heavy atom. The Bertz CT molecular complexity index is 952. The highest BCUT2D eigenvalue weighted by Crippen LogP contribution is 2.25. The van der Waals surface area contributed by atoms with Crippen LogP contribution in [0.2, 0.25) is 0 Å². The number of hydrogen-bond acceptors (Lipinski definition) is 4. The number of fused-ring (bicyclic) bond motifs is 2. The van der Waals surface area contributed by atoms with Gasteiger partial charge in [-0.2, -0.15) is 5.10 Å². The van der Waals surface area contributed by atoms with Crippen LogP contribution in [0.4, 0.5) is 10.1 Å². The number of ketones is 1. The summed E-state index contributed by atoms with van der Waals surface area (Å²) in [5.41, 5.74) is 5.70. The number of benzene rings is 2. The van der Waals surface area contributed by atoms with Crippen molar-refractivity contribution in [3.05, 3.63) is 77.1 Å². The number of aromatic nitrogens is 2. The Kier molecular flexibility index (Phi) is 6.42. The van der Waals surface area contributed by atoms with Crippen molar-refractivity contribution in [2.24, 2.45) is 7.05 Å². The van der Waals surface area contributed by atoms with Crippen LogP contribution in [-0.4, -0.2) is 28.8 Å². The van der Waals surface area contributed by atoms with Crippen LogP contribution >= 0.6 is 0 Å². The van der Waals surface area contributed by atoms with Crippen molar-refractivity contribution in [3.8, 4) is 5.75 Å². The molecule has 146 valence electrons. The number of Topliss-reactive ketones (excluding diaryl/α,β-unsaturated/α-hetero) is 1. The molecule has 4 rings (SSSR count). The first-order valence-corrected chi connectivity index (χ1v) is 9.20. The summed E-state index contributed by atoms with van der Waals surface area (Å²) in [7, 11) is 2.01. The van der Waals surface area contributed by atoms with Gasteiger partial charge in [-0.3, -0.25) is 9.48 Å². The molecule has 0 spiro atoms. The van der Waals surface area contributed by atoms with Crippen LogP contribution in [0.5, 0.6) is 5.75 Å². The molecule has 0 fully saturated rings. The zero-order valence-corrected chi connectivity index (χ0v) is 16.1. The van der Waals surface area contributed by atoms with Gasteiger partial charge < -0.3 is 10.1 Å². The Labute approximate surface area is 164 Å². The summed E-state index contributed by atoms with van der Waals surface area (Å²) < 4.78 is 18.8. The summed E-state index contributed by atoms with van der Waals surface area (Å²) in [5, 5.41) is 7.73. The van der Waals surface area contributed by atoms with E-state index in [0.29, 0.717) is 11.3 Å². The summed E-state index contributed by atoms with van der Waals surface area (Å²) in [6, 6.07) is 15.3. The van der Waals surface area contributed by atoms with Gasteiger partial charge in [-0.15, -0.1) is 0 Å². The molecular weight excluding hydrogens is 357 g/mol. The Hall–Kier alpha value is -3.15. The molecule has 0 aliphatic carbocycles. The highest BCUT2D eigenvalue weighted by Gasteiger charge is 2.15. The van der Waals surface area contributed by atoms with E-state index >= 15 is 0 Å². The number of para-hydroxylation sites is 2. The Morgan fingerprint density at radius 2 is 1.93 bits per heavy atom. The second-order valence-electron chi connectivity index (χ2n) is 6.52. The van der Waals surface area contributed by atoms with Gasteiger partial charge in [0, 0.05) is 37.0 Å². The summed E-state index contributed by atoms with van der Waals surface area (Å²) >= 11 is 0. The second-order valence-corrected chi connectivity index (χ2v) is 6.52. The number of ether oxygens (including phenoxy) is 1. The molecule has 5 nitrogen and oxygen atoms in total. The van der Waals surface area contributed by atoms with E-state index < -0.39 is 6.67 Å². The van der Waals surface area contributed by atoms with Gasteiger partial charge in [0.1, 0.15) is 19.0 Å². The molecule has 2 aromatic carbocycles. The molecule has 6 heteroatoms. The summed E-state index contributed by atoms with van der Waals surface area (Å²) in [6.45, 7) is 1.77. The number of nitrogens with zero attached hydrogens (tertiary/aromatic N) is 2. The number of anilines is 1.